The van der Waals surface area contributed by atoms with Crippen LogP contribution in [0.3, 0.4) is 0 Å². The molecule has 0 aromatic carbocycles. The SMILES string of the molecule is Cc1c(C)c2n(c1C)CCCN2. The Bertz CT molecular complexity index is 281. The van der Waals surface area contributed by atoms with Crippen LogP contribution in [0, 0.1) is 20.8 Å². The van der Waals surface area contributed by atoms with Crippen molar-refractivity contribution < 1.29 is 0 Å². The zero-order chi connectivity index (χ0) is 8.72. The van der Waals surface area contributed by atoms with Crippen LogP contribution in [0.2, 0.25) is 0 Å². The molecule has 0 saturated carbocycles. The molecule has 0 spiro atoms. The van der Waals surface area contributed by atoms with Gasteiger partial charge in [-0.1, -0.05) is 0 Å². The number of rotatable bonds is 0. The molecule has 2 heterocycles. The summed E-state index contributed by atoms with van der Waals surface area (Å²) in [6.45, 7) is 8.93. The highest BCUT2D eigenvalue weighted by molar-refractivity contribution is 5.54. The third-order valence-electron chi connectivity index (χ3n) is 2.99. The van der Waals surface area contributed by atoms with Crippen molar-refractivity contribution in [1.82, 2.24) is 4.57 Å². The standard InChI is InChI=1S/C10H16N2/c1-7-8(2)10-11-5-4-6-12(10)9(7)3/h11H,4-6H2,1-3H3. The van der Waals surface area contributed by atoms with Crippen LogP contribution in [0.15, 0.2) is 0 Å². The zero-order valence-corrected chi connectivity index (χ0v) is 8.07. The minimum absolute atomic E-state index is 1.13. The Labute approximate surface area is 73.6 Å². The fourth-order valence-electron chi connectivity index (χ4n) is 1.97. The topological polar surface area (TPSA) is 17.0 Å². The van der Waals surface area contributed by atoms with E-state index in [0.717, 1.165) is 6.54 Å². The van der Waals surface area contributed by atoms with Crippen LogP contribution >= 0.6 is 0 Å². The third-order valence-corrected chi connectivity index (χ3v) is 2.99. The maximum Gasteiger partial charge on any atom is 0.109 e. The molecule has 0 atom stereocenters. The number of anilines is 1. The van der Waals surface area contributed by atoms with Gasteiger partial charge in [0.05, 0.1) is 0 Å². The predicted octanol–water partition coefficient (Wildman–Crippen LogP) is 2.23. The molecule has 1 N–H and O–H groups in total. The van der Waals surface area contributed by atoms with E-state index in [2.05, 4.69) is 30.7 Å². The molecule has 0 unspecified atom stereocenters. The Hall–Kier alpha value is -0.920. The van der Waals surface area contributed by atoms with Crippen LogP contribution in [0.5, 0.6) is 0 Å². The average molecular weight is 164 g/mol. The van der Waals surface area contributed by atoms with E-state index >= 15 is 0 Å². The van der Waals surface area contributed by atoms with Crippen molar-refractivity contribution in [3.63, 3.8) is 0 Å². The number of hydrogen-bond donors (Lipinski definition) is 1. The number of hydrogen-bond acceptors (Lipinski definition) is 1. The lowest BCUT2D eigenvalue weighted by molar-refractivity contribution is 0.618. The summed E-state index contributed by atoms with van der Waals surface area (Å²) in [6.07, 6.45) is 1.25. The van der Waals surface area contributed by atoms with Crippen molar-refractivity contribution in [2.75, 3.05) is 11.9 Å². The Morgan fingerprint density at radius 2 is 1.92 bits per heavy atom. The molecule has 0 fully saturated rings. The van der Waals surface area contributed by atoms with Crippen LogP contribution in [0.25, 0.3) is 0 Å². The minimum Gasteiger partial charge on any atom is -0.371 e. The third kappa shape index (κ3) is 0.872. The predicted molar refractivity (Wildman–Crippen MR) is 51.7 cm³/mol. The van der Waals surface area contributed by atoms with Gasteiger partial charge in [0.25, 0.3) is 0 Å². The van der Waals surface area contributed by atoms with E-state index in [1.165, 1.54) is 35.6 Å². The molecule has 0 aliphatic carbocycles. The summed E-state index contributed by atoms with van der Waals surface area (Å²) in [5.41, 5.74) is 4.29. The van der Waals surface area contributed by atoms with Crippen LogP contribution < -0.4 is 5.32 Å². The summed E-state index contributed by atoms with van der Waals surface area (Å²) >= 11 is 0. The Morgan fingerprint density at radius 1 is 1.17 bits per heavy atom. The lowest BCUT2D eigenvalue weighted by atomic mass is 10.2. The summed E-state index contributed by atoms with van der Waals surface area (Å²) < 4.78 is 2.40. The second kappa shape index (κ2) is 2.54. The lowest BCUT2D eigenvalue weighted by Gasteiger charge is -2.19. The molecule has 1 aliphatic heterocycles. The fourth-order valence-corrected chi connectivity index (χ4v) is 1.97. The largest absolute Gasteiger partial charge is 0.371 e. The molecular weight excluding hydrogens is 148 g/mol. The molecule has 12 heavy (non-hydrogen) atoms. The molecule has 0 amide bonds. The first kappa shape index (κ1) is 7.71. The number of aromatic nitrogens is 1. The molecule has 0 bridgehead atoms. The van der Waals surface area contributed by atoms with Gasteiger partial charge in [0.15, 0.2) is 0 Å². The van der Waals surface area contributed by atoms with Crippen molar-refractivity contribution in [2.24, 2.45) is 0 Å². The summed E-state index contributed by atoms with van der Waals surface area (Å²) in [4.78, 5) is 0. The Kier molecular flexibility index (Phi) is 1.63. The van der Waals surface area contributed by atoms with Gasteiger partial charge in [-0.2, -0.15) is 0 Å². The molecular formula is C10H16N2. The summed E-state index contributed by atoms with van der Waals surface area (Å²) in [7, 11) is 0. The molecule has 66 valence electrons. The first-order valence-electron chi connectivity index (χ1n) is 4.62. The Balaban J connectivity index is 2.60. The van der Waals surface area contributed by atoms with Gasteiger partial charge >= 0.3 is 0 Å². The zero-order valence-electron chi connectivity index (χ0n) is 8.07. The van der Waals surface area contributed by atoms with Gasteiger partial charge in [-0.25, -0.2) is 0 Å². The van der Waals surface area contributed by atoms with Crippen LogP contribution in [-0.4, -0.2) is 11.1 Å². The van der Waals surface area contributed by atoms with Gasteiger partial charge in [0.2, 0.25) is 0 Å². The normalized spacial score (nSPS) is 15.6. The quantitative estimate of drug-likeness (QED) is 0.622. The molecule has 1 aromatic rings. The smallest absolute Gasteiger partial charge is 0.109 e. The van der Waals surface area contributed by atoms with Gasteiger partial charge in [-0.3, -0.25) is 0 Å². The minimum atomic E-state index is 1.13. The summed E-state index contributed by atoms with van der Waals surface area (Å²) in [6, 6.07) is 0. The van der Waals surface area contributed by atoms with E-state index in [0.29, 0.717) is 0 Å². The highest BCUT2D eigenvalue weighted by Crippen LogP contribution is 2.27. The van der Waals surface area contributed by atoms with Crippen LogP contribution in [0.4, 0.5) is 5.82 Å². The van der Waals surface area contributed by atoms with E-state index in [9.17, 15) is 0 Å². The maximum atomic E-state index is 3.46. The molecule has 1 aromatic heterocycles. The molecule has 2 rings (SSSR count). The monoisotopic (exact) mass is 164 g/mol. The lowest BCUT2D eigenvalue weighted by Crippen LogP contribution is -2.17. The van der Waals surface area contributed by atoms with Crippen molar-refractivity contribution in [3.05, 3.63) is 16.8 Å². The number of fused-ring (bicyclic) bond motifs is 1. The highest BCUT2D eigenvalue weighted by atomic mass is 15.1. The van der Waals surface area contributed by atoms with Crippen molar-refractivity contribution >= 4 is 5.82 Å². The van der Waals surface area contributed by atoms with Crippen molar-refractivity contribution in [2.45, 2.75) is 33.7 Å². The van der Waals surface area contributed by atoms with Crippen molar-refractivity contribution in [3.8, 4) is 0 Å². The van der Waals surface area contributed by atoms with Crippen LogP contribution in [0.1, 0.15) is 23.2 Å². The van der Waals surface area contributed by atoms with E-state index in [-0.39, 0.29) is 0 Å². The summed E-state index contributed by atoms with van der Waals surface area (Å²) in [5.74, 6) is 1.34. The second-order valence-corrected chi connectivity index (χ2v) is 3.62. The second-order valence-electron chi connectivity index (χ2n) is 3.62. The molecule has 2 heteroatoms. The average Bonchev–Trinajstić information content (AvgIpc) is 2.33. The first-order chi connectivity index (χ1) is 5.72. The van der Waals surface area contributed by atoms with Crippen LogP contribution in [-0.2, 0) is 6.54 Å². The fraction of sp³-hybridized carbons (Fsp3) is 0.600. The highest BCUT2D eigenvalue weighted by Gasteiger charge is 2.16. The maximum absolute atomic E-state index is 3.46. The van der Waals surface area contributed by atoms with Gasteiger partial charge in [-0.05, 0) is 38.3 Å². The van der Waals surface area contributed by atoms with E-state index in [1.807, 2.05) is 0 Å². The van der Waals surface area contributed by atoms with Gasteiger partial charge in [-0.15, -0.1) is 0 Å². The molecule has 0 radical (unpaired) electrons. The van der Waals surface area contributed by atoms with Gasteiger partial charge < -0.3 is 9.88 Å². The summed E-state index contributed by atoms with van der Waals surface area (Å²) in [5, 5.41) is 3.46. The number of nitrogens with zero attached hydrogens (tertiary/aromatic N) is 1. The van der Waals surface area contributed by atoms with E-state index in [4.69, 9.17) is 0 Å². The van der Waals surface area contributed by atoms with Gasteiger partial charge in [0, 0.05) is 18.8 Å². The van der Waals surface area contributed by atoms with E-state index in [1.54, 1.807) is 0 Å². The van der Waals surface area contributed by atoms with Crippen molar-refractivity contribution in [1.29, 1.82) is 0 Å². The molecule has 0 saturated heterocycles. The Morgan fingerprint density at radius 3 is 2.58 bits per heavy atom. The number of nitrogens with one attached hydrogen (secondary N) is 1. The first-order valence-corrected chi connectivity index (χ1v) is 4.62. The van der Waals surface area contributed by atoms with E-state index < -0.39 is 0 Å². The van der Waals surface area contributed by atoms with Gasteiger partial charge in [0.1, 0.15) is 5.82 Å². The molecule has 2 nitrogen and oxygen atoms in total. The molecule has 1 aliphatic rings.